The Morgan fingerprint density at radius 1 is 1.08 bits per heavy atom. The van der Waals surface area contributed by atoms with Gasteiger partial charge in [0.25, 0.3) is 5.91 Å². The summed E-state index contributed by atoms with van der Waals surface area (Å²) in [7, 11) is 0. The maximum atomic E-state index is 13.5. The Hall–Kier alpha value is -2.64. The Kier molecular flexibility index (Phi) is 5.38. The lowest BCUT2D eigenvalue weighted by atomic mass is 10.1. The summed E-state index contributed by atoms with van der Waals surface area (Å²) < 4.78 is 67.4. The van der Waals surface area contributed by atoms with Crippen molar-refractivity contribution in [2.24, 2.45) is 0 Å². The predicted molar refractivity (Wildman–Crippen MR) is 75.5 cm³/mol. The van der Waals surface area contributed by atoms with E-state index in [1.165, 1.54) is 18.2 Å². The van der Waals surface area contributed by atoms with Crippen molar-refractivity contribution in [2.45, 2.75) is 12.7 Å². The zero-order valence-corrected chi connectivity index (χ0v) is 12.2. The number of carbonyl (C=O) groups is 1. The van der Waals surface area contributed by atoms with E-state index in [9.17, 15) is 26.7 Å². The quantitative estimate of drug-likeness (QED) is 0.837. The Bertz CT molecular complexity index is 731. The van der Waals surface area contributed by atoms with Gasteiger partial charge in [0.1, 0.15) is 17.4 Å². The minimum Gasteiger partial charge on any atom is -0.484 e. The Morgan fingerprint density at radius 2 is 1.83 bits per heavy atom. The van der Waals surface area contributed by atoms with Crippen molar-refractivity contribution in [3.8, 4) is 5.75 Å². The lowest BCUT2D eigenvalue weighted by Crippen LogP contribution is -2.24. The summed E-state index contributed by atoms with van der Waals surface area (Å²) in [6.45, 7) is -1.52. The van der Waals surface area contributed by atoms with Gasteiger partial charge in [-0.2, -0.15) is 13.2 Å². The van der Waals surface area contributed by atoms with E-state index in [4.69, 9.17) is 0 Å². The average Bonchev–Trinajstić information content (AvgIpc) is 2.53. The third-order valence-corrected chi connectivity index (χ3v) is 2.93. The molecule has 0 unspecified atom stereocenters. The third kappa shape index (κ3) is 5.22. The summed E-state index contributed by atoms with van der Waals surface area (Å²) in [5, 5.41) is 2.36. The van der Waals surface area contributed by atoms with Crippen LogP contribution in [0.15, 0.2) is 42.5 Å². The van der Waals surface area contributed by atoms with Crippen LogP contribution in [-0.4, -0.2) is 18.7 Å². The number of carbonyl (C=O) groups excluding carboxylic acids is 1. The number of benzene rings is 2. The topological polar surface area (TPSA) is 38.3 Å². The molecule has 0 spiro atoms. The molecule has 0 aliphatic carbocycles. The van der Waals surface area contributed by atoms with Crippen LogP contribution in [0, 0.1) is 11.6 Å². The molecule has 24 heavy (non-hydrogen) atoms. The van der Waals surface area contributed by atoms with E-state index < -0.39 is 35.9 Å². The first-order valence-corrected chi connectivity index (χ1v) is 6.76. The standard InChI is InChI=1S/C16H12F5NO2/c17-11-4-5-14(18)13(7-11)15(23)22-8-10-2-1-3-12(6-10)24-9-16(19,20)21/h1-7H,8-9H2,(H,22,23). The molecule has 8 heteroatoms. The lowest BCUT2D eigenvalue weighted by molar-refractivity contribution is -0.153. The Morgan fingerprint density at radius 3 is 2.54 bits per heavy atom. The molecule has 0 saturated heterocycles. The Labute approximate surface area is 134 Å². The number of ether oxygens (including phenoxy) is 1. The summed E-state index contributed by atoms with van der Waals surface area (Å²) in [5.74, 6) is -2.50. The van der Waals surface area contributed by atoms with Gasteiger partial charge in [-0.15, -0.1) is 0 Å². The molecular formula is C16H12F5NO2. The number of rotatable bonds is 5. The van der Waals surface area contributed by atoms with Gasteiger partial charge in [-0.1, -0.05) is 12.1 Å². The first-order valence-electron chi connectivity index (χ1n) is 6.76. The van der Waals surface area contributed by atoms with E-state index in [0.29, 0.717) is 5.56 Å². The molecule has 0 fully saturated rings. The van der Waals surface area contributed by atoms with Crippen LogP contribution in [0.1, 0.15) is 15.9 Å². The summed E-state index contributed by atoms with van der Waals surface area (Å²) in [6, 6.07) is 8.12. The zero-order chi connectivity index (χ0) is 17.7. The van der Waals surface area contributed by atoms with Gasteiger partial charge < -0.3 is 10.1 Å². The molecule has 0 saturated carbocycles. The van der Waals surface area contributed by atoms with Crippen LogP contribution in [-0.2, 0) is 6.54 Å². The molecule has 0 aliphatic rings. The van der Waals surface area contributed by atoms with Crippen LogP contribution < -0.4 is 10.1 Å². The number of amides is 1. The van der Waals surface area contributed by atoms with Gasteiger partial charge in [-0.3, -0.25) is 4.79 Å². The minimum atomic E-state index is -4.46. The van der Waals surface area contributed by atoms with Gasteiger partial charge in [-0.25, -0.2) is 8.78 Å². The fraction of sp³-hybridized carbons (Fsp3) is 0.188. The van der Waals surface area contributed by atoms with Crippen molar-refractivity contribution in [2.75, 3.05) is 6.61 Å². The molecule has 3 nitrogen and oxygen atoms in total. The molecule has 0 radical (unpaired) electrons. The van der Waals surface area contributed by atoms with Crippen molar-refractivity contribution in [1.82, 2.24) is 5.32 Å². The van der Waals surface area contributed by atoms with E-state index in [0.717, 1.165) is 18.2 Å². The maximum Gasteiger partial charge on any atom is 0.422 e. The van der Waals surface area contributed by atoms with Gasteiger partial charge in [0.2, 0.25) is 0 Å². The van der Waals surface area contributed by atoms with Crippen LogP contribution in [0.25, 0.3) is 0 Å². The summed E-state index contributed by atoms with van der Waals surface area (Å²) in [4.78, 5) is 11.8. The molecule has 0 aromatic heterocycles. The first kappa shape index (κ1) is 17.7. The molecule has 0 heterocycles. The monoisotopic (exact) mass is 345 g/mol. The van der Waals surface area contributed by atoms with Crippen LogP contribution >= 0.6 is 0 Å². The first-order chi connectivity index (χ1) is 11.2. The maximum absolute atomic E-state index is 13.5. The number of halogens is 5. The van der Waals surface area contributed by atoms with Gasteiger partial charge >= 0.3 is 6.18 Å². The van der Waals surface area contributed by atoms with E-state index in [2.05, 4.69) is 10.1 Å². The largest absolute Gasteiger partial charge is 0.484 e. The summed E-state index contributed by atoms with van der Waals surface area (Å²) in [5.41, 5.74) is -0.0145. The van der Waals surface area contributed by atoms with Crippen molar-refractivity contribution in [3.05, 3.63) is 65.2 Å². The van der Waals surface area contributed by atoms with E-state index in [1.807, 2.05) is 0 Å². The second kappa shape index (κ2) is 7.29. The van der Waals surface area contributed by atoms with E-state index in [-0.39, 0.29) is 12.3 Å². The molecule has 128 valence electrons. The number of alkyl halides is 3. The van der Waals surface area contributed by atoms with E-state index >= 15 is 0 Å². The minimum absolute atomic E-state index is 0.0176. The fourth-order valence-electron chi connectivity index (χ4n) is 1.86. The van der Waals surface area contributed by atoms with Crippen molar-refractivity contribution in [1.29, 1.82) is 0 Å². The molecular weight excluding hydrogens is 333 g/mol. The van der Waals surface area contributed by atoms with E-state index in [1.54, 1.807) is 6.07 Å². The molecule has 0 atom stereocenters. The van der Waals surface area contributed by atoms with Gasteiger partial charge in [0.15, 0.2) is 6.61 Å². The fourth-order valence-corrected chi connectivity index (χ4v) is 1.86. The molecule has 1 amide bonds. The van der Waals surface area contributed by atoms with Crippen LogP contribution in [0.4, 0.5) is 22.0 Å². The molecule has 0 aliphatic heterocycles. The molecule has 0 bridgehead atoms. The number of hydrogen-bond donors (Lipinski definition) is 1. The highest BCUT2D eigenvalue weighted by Gasteiger charge is 2.28. The average molecular weight is 345 g/mol. The van der Waals surface area contributed by atoms with Crippen molar-refractivity contribution in [3.63, 3.8) is 0 Å². The normalized spacial score (nSPS) is 11.2. The molecule has 2 aromatic carbocycles. The predicted octanol–water partition coefficient (Wildman–Crippen LogP) is 3.84. The van der Waals surface area contributed by atoms with Gasteiger partial charge in [0.05, 0.1) is 5.56 Å². The smallest absolute Gasteiger partial charge is 0.422 e. The lowest BCUT2D eigenvalue weighted by Gasteiger charge is -2.11. The molecule has 2 rings (SSSR count). The second-order valence-corrected chi connectivity index (χ2v) is 4.86. The summed E-state index contributed by atoms with van der Waals surface area (Å²) >= 11 is 0. The highest BCUT2D eigenvalue weighted by Crippen LogP contribution is 2.19. The molecule has 2 aromatic rings. The summed E-state index contributed by atoms with van der Waals surface area (Å²) in [6.07, 6.45) is -4.46. The molecule has 1 N–H and O–H groups in total. The number of hydrogen-bond acceptors (Lipinski definition) is 2. The van der Waals surface area contributed by atoms with Crippen molar-refractivity contribution >= 4 is 5.91 Å². The Balaban J connectivity index is 1.99. The van der Waals surface area contributed by atoms with Crippen molar-refractivity contribution < 1.29 is 31.5 Å². The number of nitrogens with one attached hydrogen (secondary N) is 1. The second-order valence-electron chi connectivity index (χ2n) is 4.86. The zero-order valence-electron chi connectivity index (χ0n) is 12.2. The van der Waals surface area contributed by atoms with Crippen LogP contribution in [0.5, 0.6) is 5.75 Å². The highest BCUT2D eigenvalue weighted by atomic mass is 19.4. The van der Waals surface area contributed by atoms with Crippen LogP contribution in [0.3, 0.4) is 0 Å². The van der Waals surface area contributed by atoms with Gasteiger partial charge in [0, 0.05) is 6.54 Å². The van der Waals surface area contributed by atoms with Crippen LogP contribution in [0.2, 0.25) is 0 Å². The highest BCUT2D eigenvalue weighted by molar-refractivity contribution is 5.94. The third-order valence-electron chi connectivity index (χ3n) is 2.93. The SMILES string of the molecule is O=C(NCc1cccc(OCC(F)(F)F)c1)c1cc(F)ccc1F. The van der Waals surface area contributed by atoms with Gasteiger partial charge in [-0.05, 0) is 35.9 Å².